The van der Waals surface area contributed by atoms with Gasteiger partial charge in [0.05, 0.1) is 0 Å². The molecule has 2 heteroatoms. The second kappa shape index (κ2) is 5.30. The Morgan fingerprint density at radius 1 is 1.36 bits per heavy atom. The summed E-state index contributed by atoms with van der Waals surface area (Å²) in [5.41, 5.74) is 0. The molecular formula is C9H19NO. The van der Waals surface area contributed by atoms with E-state index in [1.807, 2.05) is 0 Å². The molecule has 0 aliphatic carbocycles. The third-order valence-corrected chi connectivity index (χ3v) is 1.55. The zero-order valence-corrected chi connectivity index (χ0v) is 7.98. The minimum absolute atomic E-state index is 0.280. The molecule has 0 fully saturated rings. The summed E-state index contributed by atoms with van der Waals surface area (Å²) in [5, 5.41) is 3.35. The minimum atomic E-state index is 0.280. The molecule has 0 saturated heterocycles. The molecular weight excluding hydrogens is 138 g/mol. The summed E-state index contributed by atoms with van der Waals surface area (Å²) in [6, 6.07) is 0.968. The SMILES string of the molecule is CC(=O)CCC(C)NC(C)C. The lowest BCUT2D eigenvalue weighted by Crippen LogP contribution is -2.32. The molecule has 0 aromatic rings. The van der Waals surface area contributed by atoms with Crippen LogP contribution in [0.25, 0.3) is 0 Å². The van der Waals surface area contributed by atoms with Crippen LogP contribution < -0.4 is 5.32 Å². The first-order chi connectivity index (χ1) is 5.02. The molecule has 0 aliphatic rings. The van der Waals surface area contributed by atoms with Crippen molar-refractivity contribution in [1.82, 2.24) is 5.32 Å². The quantitative estimate of drug-likeness (QED) is 0.658. The molecule has 0 rings (SSSR count). The first kappa shape index (κ1) is 10.6. The molecule has 0 aromatic carbocycles. The lowest BCUT2D eigenvalue weighted by Gasteiger charge is -2.15. The molecule has 0 aliphatic heterocycles. The molecule has 1 N–H and O–H groups in total. The van der Waals surface area contributed by atoms with Crippen molar-refractivity contribution in [2.45, 2.75) is 52.6 Å². The third kappa shape index (κ3) is 7.53. The molecule has 0 aromatic heterocycles. The molecule has 66 valence electrons. The van der Waals surface area contributed by atoms with Crippen molar-refractivity contribution in [3.05, 3.63) is 0 Å². The summed E-state index contributed by atoms with van der Waals surface area (Å²) >= 11 is 0. The van der Waals surface area contributed by atoms with Gasteiger partial charge in [0.2, 0.25) is 0 Å². The monoisotopic (exact) mass is 157 g/mol. The fraction of sp³-hybridized carbons (Fsp3) is 0.889. The Bertz CT molecular complexity index is 121. The van der Waals surface area contributed by atoms with Gasteiger partial charge in [-0.05, 0) is 20.3 Å². The second-order valence-electron chi connectivity index (χ2n) is 3.46. The smallest absolute Gasteiger partial charge is 0.129 e. The molecule has 11 heavy (non-hydrogen) atoms. The summed E-state index contributed by atoms with van der Waals surface area (Å²) in [4.78, 5) is 10.6. The van der Waals surface area contributed by atoms with Gasteiger partial charge in [0.15, 0.2) is 0 Å². The fourth-order valence-electron chi connectivity index (χ4n) is 1.07. The van der Waals surface area contributed by atoms with Gasteiger partial charge in [-0.1, -0.05) is 13.8 Å². The van der Waals surface area contributed by atoms with Gasteiger partial charge in [0.25, 0.3) is 0 Å². The van der Waals surface area contributed by atoms with Gasteiger partial charge in [-0.15, -0.1) is 0 Å². The summed E-state index contributed by atoms with van der Waals surface area (Å²) in [5.74, 6) is 0.280. The Labute approximate surface area is 69.4 Å². The molecule has 0 bridgehead atoms. The maximum absolute atomic E-state index is 10.6. The average molecular weight is 157 g/mol. The highest BCUT2D eigenvalue weighted by molar-refractivity contribution is 5.75. The second-order valence-corrected chi connectivity index (χ2v) is 3.46. The molecule has 0 heterocycles. The Morgan fingerprint density at radius 2 is 1.91 bits per heavy atom. The number of rotatable bonds is 5. The van der Waals surface area contributed by atoms with E-state index in [1.165, 1.54) is 0 Å². The Morgan fingerprint density at radius 3 is 2.27 bits per heavy atom. The fourth-order valence-corrected chi connectivity index (χ4v) is 1.07. The van der Waals surface area contributed by atoms with Gasteiger partial charge in [0, 0.05) is 18.5 Å². The lowest BCUT2D eigenvalue weighted by atomic mass is 10.1. The number of ketones is 1. The Kier molecular flexibility index (Phi) is 5.12. The molecule has 1 atom stereocenters. The molecule has 0 saturated carbocycles. The molecule has 0 spiro atoms. The van der Waals surface area contributed by atoms with Crippen LogP contribution in [0.1, 0.15) is 40.5 Å². The van der Waals surface area contributed by atoms with Gasteiger partial charge >= 0.3 is 0 Å². The summed E-state index contributed by atoms with van der Waals surface area (Å²) in [6.45, 7) is 7.99. The Balaban J connectivity index is 3.37. The van der Waals surface area contributed by atoms with Crippen LogP contribution >= 0.6 is 0 Å². The summed E-state index contributed by atoms with van der Waals surface area (Å²) in [6.07, 6.45) is 1.65. The van der Waals surface area contributed by atoms with Crippen LogP contribution in [0.2, 0.25) is 0 Å². The topological polar surface area (TPSA) is 29.1 Å². The third-order valence-electron chi connectivity index (χ3n) is 1.55. The number of hydrogen-bond donors (Lipinski definition) is 1. The molecule has 1 unspecified atom stereocenters. The number of hydrogen-bond acceptors (Lipinski definition) is 2. The highest BCUT2D eigenvalue weighted by Gasteiger charge is 2.03. The highest BCUT2D eigenvalue weighted by Crippen LogP contribution is 1.97. The van der Waals surface area contributed by atoms with E-state index in [4.69, 9.17) is 0 Å². The standard InChI is InChI=1S/C9H19NO/c1-7(2)10-8(3)5-6-9(4)11/h7-8,10H,5-6H2,1-4H3. The van der Waals surface area contributed by atoms with E-state index < -0.39 is 0 Å². The zero-order valence-electron chi connectivity index (χ0n) is 7.98. The van der Waals surface area contributed by atoms with E-state index in [1.54, 1.807) is 6.92 Å². The first-order valence-electron chi connectivity index (χ1n) is 4.28. The van der Waals surface area contributed by atoms with Gasteiger partial charge in [-0.3, -0.25) is 0 Å². The van der Waals surface area contributed by atoms with Crippen molar-refractivity contribution in [3.8, 4) is 0 Å². The van der Waals surface area contributed by atoms with Gasteiger partial charge < -0.3 is 10.1 Å². The van der Waals surface area contributed by atoms with Crippen LogP contribution in [0.5, 0.6) is 0 Å². The number of Topliss-reactive ketones (excluding diaryl/α,β-unsaturated/α-hetero) is 1. The zero-order chi connectivity index (χ0) is 8.85. The first-order valence-corrected chi connectivity index (χ1v) is 4.28. The van der Waals surface area contributed by atoms with E-state index in [0.29, 0.717) is 18.5 Å². The van der Waals surface area contributed by atoms with E-state index in [-0.39, 0.29) is 5.78 Å². The minimum Gasteiger partial charge on any atom is -0.312 e. The number of carbonyl (C=O) groups excluding carboxylic acids is 1. The van der Waals surface area contributed by atoms with Crippen molar-refractivity contribution >= 4 is 5.78 Å². The van der Waals surface area contributed by atoms with Crippen molar-refractivity contribution in [3.63, 3.8) is 0 Å². The van der Waals surface area contributed by atoms with Gasteiger partial charge in [-0.2, -0.15) is 0 Å². The van der Waals surface area contributed by atoms with Crippen molar-refractivity contribution in [1.29, 1.82) is 0 Å². The maximum atomic E-state index is 10.6. The van der Waals surface area contributed by atoms with Crippen LogP contribution in [-0.4, -0.2) is 17.9 Å². The number of nitrogens with one attached hydrogen (secondary N) is 1. The highest BCUT2D eigenvalue weighted by atomic mass is 16.1. The van der Waals surface area contributed by atoms with Crippen molar-refractivity contribution in [2.75, 3.05) is 0 Å². The summed E-state index contributed by atoms with van der Waals surface area (Å²) in [7, 11) is 0. The van der Waals surface area contributed by atoms with Crippen LogP contribution in [0, 0.1) is 0 Å². The largest absolute Gasteiger partial charge is 0.312 e. The van der Waals surface area contributed by atoms with Crippen LogP contribution in [0.15, 0.2) is 0 Å². The number of carbonyl (C=O) groups is 1. The predicted octanol–water partition coefficient (Wildman–Crippen LogP) is 1.74. The van der Waals surface area contributed by atoms with Crippen LogP contribution in [0.3, 0.4) is 0 Å². The van der Waals surface area contributed by atoms with Crippen molar-refractivity contribution < 1.29 is 4.79 Å². The van der Waals surface area contributed by atoms with E-state index in [0.717, 1.165) is 6.42 Å². The van der Waals surface area contributed by atoms with Crippen LogP contribution in [0.4, 0.5) is 0 Å². The van der Waals surface area contributed by atoms with E-state index in [9.17, 15) is 4.79 Å². The van der Waals surface area contributed by atoms with Crippen LogP contribution in [-0.2, 0) is 4.79 Å². The molecule has 0 radical (unpaired) electrons. The van der Waals surface area contributed by atoms with E-state index in [2.05, 4.69) is 26.1 Å². The van der Waals surface area contributed by atoms with Gasteiger partial charge in [0.1, 0.15) is 5.78 Å². The van der Waals surface area contributed by atoms with Gasteiger partial charge in [-0.25, -0.2) is 0 Å². The molecule has 2 nitrogen and oxygen atoms in total. The average Bonchev–Trinajstić information content (AvgIpc) is 1.82. The maximum Gasteiger partial charge on any atom is 0.129 e. The lowest BCUT2D eigenvalue weighted by molar-refractivity contribution is -0.117. The van der Waals surface area contributed by atoms with Crippen molar-refractivity contribution in [2.24, 2.45) is 0 Å². The predicted molar refractivity (Wildman–Crippen MR) is 47.6 cm³/mol. The molecule has 0 amide bonds. The Hall–Kier alpha value is -0.370. The summed E-state index contributed by atoms with van der Waals surface area (Å²) < 4.78 is 0. The normalized spacial score (nSPS) is 13.5. The van der Waals surface area contributed by atoms with E-state index >= 15 is 0 Å².